The summed E-state index contributed by atoms with van der Waals surface area (Å²) >= 11 is 0. The number of rotatable bonds is 2. The van der Waals surface area contributed by atoms with Gasteiger partial charge in [-0.25, -0.2) is 22.8 Å². The predicted molar refractivity (Wildman–Crippen MR) is 39.4 cm³/mol. The van der Waals surface area contributed by atoms with Gasteiger partial charge in [0.1, 0.15) is 0 Å². The maximum Gasteiger partial charge on any atom is 0.251 e. The number of nitrogens with zero attached hydrogens (tertiary/aromatic N) is 2. The zero-order valence-corrected chi connectivity index (χ0v) is 6.75. The molecule has 0 unspecified atom stereocenters. The van der Waals surface area contributed by atoms with Crippen molar-refractivity contribution in [2.24, 2.45) is 0 Å². The number of halogens is 1. The lowest BCUT2D eigenvalue weighted by Gasteiger charge is -1.94. The van der Waals surface area contributed by atoms with Crippen molar-refractivity contribution in [1.29, 1.82) is 0 Å². The van der Waals surface area contributed by atoms with Crippen molar-refractivity contribution in [3.8, 4) is 0 Å². The van der Waals surface area contributed by atoms with Gasteiger partial charge >= 0.3 is 0 Å². The first-order valence-corrected chi connectivity index (χ1v) is 4.46. The minimum Gasteiger partial charge on any atom is -0.223 e. The Kier molecular flexibility index (Phi) is 2.18. The van der Waals surface area contributed by atoms with Crippen molar-refractivity contribution in [1.82, 2.24) is 9.97 Å². The molecule has 64 valence electrons. The van der Waals surface area contributed by atoms with Crippen molar-refractivity contribution in [2.45, 2.75) is 5.16 Å². The van der Waals surface area contributed by atoms with Crippen LogP contribution in [0.5, 0.6) is 0 Å². The Hall–Kier alpha value is -1.30. The molecule has 12 heavy (non-hydrogen) atoms. The molecule has 4 nitrogen and oxygen atoms in total. The molecule has 1 heterocycles. The minimum atomic E-state index is -3.64. The van der Waals surface area contributed by atoms with E-state index in [1.807, 2.05) is 0 Å². The zero-order chi connectivity index (χ0) is 9.19. The van der Waals surface area contributed by atoms with Gasteiger partial charge in [-0.2, -0.15) is 0 Å². The Morgan fingerprint density at radius 2 is 1.92 bits per heavy atom. The number of hydrogen-bond acceptors (Lipinski definition) is 4. The van der Waals surface area contributed by atoms with Crippen LogP contribution in [0.15, 0.2) is 29.5 Å². The van der Waals surface area contributed by atoms with E-state index in [-0.39, 0.29) is 0 Å². The van der Waals surface area contributed by atoms with Crippen molar-refractivity contribution in [3.05, 3.63) is 30.2 Å². The average molecular weight is 188 g/mol. The summed E-state index contributed by atoms with van der Waals surface area (Å²) in [6.07, 6.45) is 1.56. The predicted octanol–water partition coefficient (Wildman–Crippen LogP) is 0.533. The van der Waals surface area contributed by atoms with Crippen LogP contribution in [0, 0.1) is 5.82 Å². The van der Waals surface area contributed by atoms with Gasteiger partial charge in [-0.05, 0) is 0 Å². The summed E-state index contributed by atoms with van der Waals surface area (Å²) in [5.41, 5.74) is 0. The second-order valence-corrected chi connectivity index (χ2v) is 3.68. The number of sulfone groups is 1. The largest absolute Gasteiger partial charge is 0.251 e. The molecule has 0 fully saturated rings. The normalized spacial score (nSPS) is 11.1. The van der Waals surface area contributed by atoms with Gasteiger partial charge in [0.2, 0.25) is 9.84 Å². The van der Waals surface area contributed by atoms with Crippen LogP contribution in [-0.2, 0) is 9.84 Å². The van der Waals surface area contributed by atoms with E-state index in [2.05, 4.69) is 16.5 Å². The smallest absolute Gasteiger partial charge is 0.223 e. The van der Waals surface area contributed by atoms with Crippen LogP contribution >= 0.6 is 0 Å². The van der Waals surface area contributed by atoms with E-state index in [4.69, 9.17) is 0 Å². The standard InChI is InChI=1S/C6H5FN2O2S/c1-2-12(10,11)6-8-3-5(7)4-9-6/h2-4H,1H2. The molecule has 0 aliphatic rings. The molecule has 0 amide bonds. The Labute approximate surface area is 68.7 Å². The summed E-state index contributed by atoms with van der Waals surface area (Å²) in [7, 11) is -3.64. The Balaban J connectivity index is 3.23. The maximum atomic E-state index is 12.2. The van der Waals surface area contributed by atoms with Crippen molar-refractivity contribution in [2.75, 3.05) is 0 Å². The summed E-state index contributed by atoms with van der Waals surface area (Å²) in [4.78, 5) is 6.55. The molecular weight excluding hydrogens is 183 g/mol. The van der Waals surface area contributed by atoms with E-state index in [1.165, 1.54) is 0 Å². The van der Waals surface area contributed by atoms with Crippen LogP contribution in [0.3, 0.4) is 0 Å². The highest BCUT2D eigenvalue weighted by atomic mass is 32.2. The molecular formula is C6H5FN2O2S. The fourth-order valence-electron chi connectivity index (χ4n) is 0.522. The van der Waals surface area contributed by atoms with Crippen LogP contribution < -0.4 is 0 Å². The van der Waals surface area contributed by atoms with E-state index >= 15 is 0 Å². The molecule has 0 aliphatic carbocycles. The minimum absolute atomic E-state index is 0.445. The molecule has 0 N–H and O–H groups in total. The van der Waals surface area contributed by atoms with Gasteiger partial charge in [0.15, 0.2) is 5.82 Å². The van der Waals surface area contributed by atoms with Crippen LogP contribution in [0.4, 0.5) is 4.39 Å². The van der Waals surface area contributed by atoms with Crippen molar-refractivity contribution >= 4 is 9.84 Å². The fraction of sp³-hybridized carbons (Fsp3) is 0. The van der Waals surface area contributed by atoms with Gasteiger partial charge < -0.3 is 0 Å². The lowest BCUT2D eigenvalue weighted by atomic mass is 10.7. The first kappa shape index (κ1) is 8.79. The number of aromatic nitrogens is 2. The molecule has 0 spiro atoms. The third kappa shape index (κ3) is 1.65. The summed E-state index contributed by atoms with van der Waals surface area (Å²) in [5.74, 6) is -0.682. The topological polar surface area (TPSA) is 59.9 Å². The van der Waals surface area contributed by atoms with Crippen LogP contribution in [0.1, 0.15) is 0 Å². The molecule has 1 aromatic rings. The first-order chi connectivity index (χ1) is 5.56. The van der Waals surface area contributed by atoms with Gasteiger partial charge in [0, 0.05) is 5.41 Å². The highest BCUT2D eigenvalue weighted by Gasteiger charge is 2.12. The molecule has 0 bridgehead atoms. The van der Waals surface area contributed by atoms with Crippen molar-refractivity contribution < 1.29 is 12.8 Å². The second-order valence-electron chi connectivity index (χ2n) is 1.90. The highest BCUT2D eigenvalue weighted by Crippen LogP contribution is 2.03. The van der Waals surface area contributed by atoms with E-state index in [0.29, 0.717) is 5.41 Å². The zero-order valence-electron chi connectivity index (χ0n) is 5.94. The molecule has 1 rings (SSSR count). The van der Waals surface area contributed by atoms with E-state index in [9.17, 15) is 12.8 Å². The summed E-state index contributed by atoms with van der Waals surface area (Å²) in [6, 6.07) is 0. The van der Waals surface area contributed by atoms with Crippen LogP contribution in [0.25, 0.3) is 0 Å². The summed E-state index contributed by atoms with van der Waals surface area (Å²) in [6.45, 7) is 3.07. The van der Waals surface area contributed by atoms with Gasteiger partial charge in [-0.3, -0.25) is 0 Å². The number of hydrogen-bond donors (Lipinski definition) is 0. The Bertz CT molecular complexity index is 385. The molecule has 0 radical (unpaired) electrons. The SMILES string of the molecule is C=CS(=O)(=O)c1ncc(F)cn1. The third-order valence-corrected chi connectivity index (χ3v) is 2.23. The summed E-state index contributed by atoms with van der Waals surface area (Å²) in [5, 5.41) is 0.263. The lowest BCUT2D eigenvalue weighted by molar-refractivity contribution is 0.582. The summed E-state index contributed by atoms with van der Waals surface area (Å²) < 4.78 is 34.1. The van der Waals surface area contributed by atoms with Gasteiger partial charge in [0.05, 0.1) is 12.4 Å². The highest BCUT2D eigenvalue weighted by molar-refractivity contribution is 7.94. The third-order valence-electron chi connectivity index (χ3n) is 1.07. The van der Waals surface area contributed by atoms with Gasteiger partial charge in [0.25, 0.3) is 5.16 Å². The molecule has 0 aliphatic heterocycles. The molecule has 0 saturated carbocycles. The monoisotopic (exact) mass is 188 g/mol. The van der Waals surface area contributed by atoms with Crippen LogP contribution in [-0.4, -0.2) is 18.4 Å². The fourth-order valence-corrected chi connectivity index (χ4v) is 1.07. The van der Waals surface area contributed by atoms with Gasteiger partial charge in [-0.15, -0.1) is 0 Å². The lowest BCUT2D eigenvalue weighted by Crippen LogP contribution is -2.02. The first-order valence-electron chi connectivity index (χ1n) is 2.91. The van der Waals surface area contributed by atoms with E-state index in [0.717, 1.165) is 12.4 Å². The second kappa shape index (κ2) is 2.98. The van der Waals surface area contributed by atoms with E-state index in [1.54, 1.807) is 0 Å². The van der Waals surface area contributed by atoms with E-state index < -0.39 is 20.8 Å². The van der Waals surface area contributed by atoms with Crippen LogP contribution in [0.2, 0.25) is 0 Å². The Morgan fingerprint density at radius 3 is 2.33 bits per heavy atom. The van der Waals surface area contributed by atoms with Crippen molar-refractivity contribution in [3.63, 3.8) is 0 Å². The quantitative estimate of drug-likeness (QED) is 0.635. The molecule has 1 aromatic heterocycles. The molecule has 0 saturated heterocycles. The maximum absolute atomic E-state index is 12.2. The molecule has 6 heteroatoms. The molecule has 0 atom stereocenters. The van der Waals surface area contributed by atoms with Gasteiger partial charge in [-0.1, -0.05) is 6.58 Å². The Morgan fingerprint density at radius 1 is 1.42 bits per heavy atom. The average Bonchev–Trinajstić information content (AvgIpc) is 2.05. The molecule has 0 aromatic carbocycles.